The molecule has 0 fully saturated rings. The lowest BCUT2D eigenvalue weighted by Gasteiger charge is -1.98. The molecule has 0 radical (unpaired) electrons. The van der Waals surface area contributed by atoms with Crippen LogP contribution in [0, 0.1) is 12.7 Å². The summed E-state index contributed by atoms with van der Waals surface area (Å²) in [5.41, 5.74) is 6.93. The van der Waals surface area contributed by atoms with Gasteiger partial charge in [0.1, 0.15) is 11.6 Å². The Kier molecular flexibility index (Phi) is 2.96. The smallest absolute Gasteiger partial charge is 0.181 e. The maximum atomic E-state index is 13.2. The first kappa shape index (κ1) is 10.8. The van der Waals surface area contributed by atoms with Crippen LogP contribution in [0.4, 0.5) is 4.39 Å². The van der Waals surface area contributed by atoms with Gasteiger partial charge < -0.3 is 5.73 Å². The molecule has 0 aliphatic carbocycles. The number of H-pyrrole nitrogens is 1. The van der Waals surface area contributed by atoms with Crippen LogP contribution in [0.5, 0.6) is 0 Å². The van der Waals surface area contributed by atoms with E-state index in [2.05, 4.69) is 15.2 Å². The van der Waals surface area contributed by atoms with E-state index in [1.165, 1.54) is 12.1 Å². The minimum absolute atomic E-state index is 0.278. The fourth-order valence-electron chi connectivity index (χ4n) is 1.54. The number of hydrogen-bond acceptors (Lipinski definition) is 3. The van der Waals surface area contributed by atoms with Crippen molar-refractivity contribution in [1.82, 2.24) is 15.2 Å². The number of aryl methyl sites for hydroxylation is 1. The van der Waals surface area contributed by atoms with Gasteiger partial charge in [-0.25, -0.2) is 9.37 Å². The number of aromatic amines is 1. The molecule has 0 aliphatic rings. The van der Waals surface area contributed by atoms with Crippen LogP contribution >= 0.6 is 0 Å². The Morgan fingerprint density at radius 1 is 1.38 bits per heavy atom. The topological polar surface area (TPSA) is 67.6 Å². The van der Waals surface area contributed by atoms with Gasteiger partial charge in [-0.05, 0) is 37.2 Å². The SMILES string of the molecule is Cc1cc(F)cc(-c2n[nH]c(CCN)n2)c1. The standard InChI is InChI=1S/C11H13FN4/c1-7-4-8(6-9(12)5-7)11-14-10(2-3-13)15-16-11/h4-6H,2-3,13H2,1H3,(H,14,15,16). The highest BCUT2D eigenvalue weighted by Gasteiger charge is 2.07. The molecule has 5 heteroatoms. The molecule has 0 spiro atoms. The molecule has 3 N–H and O–H groups in total. The Hall–Kier alpha value is -1.75. The summed E-state index contributed by atoms with van der Waals surface area (Å²) in [5, 5.41) is 6.81. The molecule has 16 heavy (non-hydrogen) atoms. The van der Waals surface area contributed by atoms with Gasteiger partial charge in [-0.3, -0.25) is 5.10 Å². The van der Waals surface area contributed by atoms with E-state index < -0.39 is 0 Å². The number of benzene rings is 1. The van der Waals surface area contributed by atoms with Crippen LogP contribution in [0.25, 0.3) is 11.4 Å². The summed E-state index contributed by atoms with van der Waals surface area (Å²) < 4.78 is 13.2. The molecule has 1 heterocycles. The average molecular weight is 220 g/mol. The lowest BCUT2D eigenvalue weighted by molar-refractivity contribution is 0.627. The van der Waals surface area contributed by atoms with Crippen molar-refractivity contribution in [3.63, 3.8) is 0 Å². The van der Waals surface area contributed by atoms with E-state index in [9.17, 15) is 4.39 Å². The van der Waals surface area contributed by atoms with Crippen molar-refractivity contribution in [1.29, 1.82) is 0 Å². The average Bonchev–Trinajstić information content (AvgIpc) is 2.65. The Bertz CT molecular complexity index is 472. The zero-order valence-corrected chi connectivity index (χ0v) is 9.00. The second-order valence-electron chi connectivity index (χ2n) is 3.66. The highest BCUT2D eigenvalue weighted by molar-refractivity contribution is 5.55. The molecule has 0 atom stereocenters. The van der Waals surface area contributed by atoms with Crippen LogP contribution < -0.4 is 5.73 Å². The van der Waals surface area contributed by atoms with Gasteiger partial charge in [0.05, 0.1) is 0 Å². The van der Waals surface area contributed by atoms with Crippen LogP contribution in [0.3, 0.4) is 0 Å². The number of halogens is 1. The second-order valence-corrected chi connectivity index (χ2v) is 3.66. The molecule has 0 amide bonds. The van der Waals surface area contributed by atoms with E-state index in [4.69, 9.17) is 5.73 Å². The molecule has 0 saturated carbocycles. The van der Waals surface area contributed by atoms with Gasteiger partial charge in [0.2, 0.25) is 0 Å². The zero-order chi connectivity index (χ0) is 11.5. The maximum absolute atomic E-state index is 13.2. The monoisotopic (exact) mass is 220 g/mol. The first-order valence-electron chi connectivity index (χ1n) is 5.08. The van der Waals surface area contributed by atoms with Crippen LogP contribution in [0.1, 0.15) is 11.4 Å². The van der Waals surface area contributed by atoms with Gasteiger partial charge >= 0.3 is 0 Å². The summed E-state index contributed by atoms with van der Waals surface area (Å²) in [6, 6.07) is 4.73. The van der Waals surface area contributed by atoms with Crippen LogP contribution in [0.2, 0.25) is 0 Å². The lowest BCUT2D eigenvalue weighted by Crippen LogP contribution is -2.03. The summed E-state index contributed by atoms with van der Waals surface area (Å²) >= 11 is 0. The van der Waals surface area contributed by atoms with Crippen molar-refractivity contribution in [2.24, 2.45) is 5.73 Å². The highest BCUT2D eigenvalue weighted by atomic mass is 19.1. The molecule has 1 aromatic heterocycles. The van der Waals surface area contributed by atoms with Crippen molar-refractivity contribution in [2.45, 2.75) is 13.3 Å². The normalized spacial score (nSPS) is 10.7. The Morgan fingerprint density at radius 3 is 2.88 bits per heavy atom. The van der Waals surface area contributed by atoms with E-state index in [1.807, 2.05) is 13.0 Å². The summed E-state index contributed by atoms with van der Waals surface area (Å²) in [5.74, 6) is 0.950. The highest BCUT2D eigenvalue weighted by Crippen LogP contribution is 2.18. The van der Waals surface area contributed by atoms with Crippen molar-refractivity contribution < 1.29 is 4.39 Å². The quantitative estimate of drug-likeness (QED) is 0.822. The minimum atomic E-state index is -0.278. The van der Waals surface area contributed by atoms with Crippen molar-refractivity contribution in [3.05, 3.63) is 35.4 Å². The van der Waals surface area contributed by atoms with E-state index in [0.29, 0.717) is 24.4 Å². The zero-order valence-electron chi connectivity index (χ0n) is 9.00. The van der Waals surface area contributed by atoms with E-state index in [0.717, 1.165) is 11.4 Å². The van der Waals surface area contributed by atoms with Crippen molar-refractivity contribution in [2.75, 3.05) is 6.54 Å². The van der Waals surface area contributed by atoms with Gasteiger partial charge in [-0.2, -0.15) is 5.10 Å². The second kappa shape index (κ2) is 4.40. The van der Waals surface area contributed by atoms with Gasteiger partial charge in [0.15, 0.2) is 5.82 Å². The predicted molar refractivity (Wildman–Crippen MR) is 59.3 cm³/mol. The fourth-order valence-corrected chi connectivity index (χ4v) is 1.54. The number of nitrogens with one attached hydrogen (secondary N) is 1. The summed E-state index contributed by atoms with van der Waals surface area (Å²) in [7, 11) is 0. The Balaban J connectivity index is 2.34. The van der Waals surface area contributed by atoms with Crippen LogP contribution in [-0.4, -0.2) is 21.7 Å². The molecule has 0 bridgehead atoms. The molecule has 2 rings (SSSR count). The molecule has 4 nitrogen and oxygen atoms in total. The molecular weight excluding hydrogens is 207 g/mol. The number of aromatic nitrogens is 3. The Labute approximate surface area is 92.7 Å². The molecule has 0 unspecified atom stereocenters. The van der Waals surface area contributed by atoms with Gasteiger partial charge in [-0.1, -0.05) is 0 Å². The number of hydrogen-bond donors (Lipinski definition) is 2. The number of nitrogens with zero attached hydrogens (tertiary/aromatic N) is 2. The first-order chi connectivity index (χ1) is 7.69. The third-order valence-electron chi connectivity index (χ3n) is 2.21. The van der Waals surface area contributed by atoms with Gasteiger partial charge in [0, 0.05) is 12.0 Å². The van der Waals surface area contributed by atoms with E-state index >= 15 is 0 Å². The van der Waals surface area contributed by atoms with Gasteiger partial charge in [0.25, 0.3) is 0 Å². The van der Waals surface area contributed by atoms with Crippen LogP contribution in [-0.2, 0) is 6.42 Å². The molecule has 0 aliphatic heterocycles. The van der Waals surface area contributed by atoms with E-state index in [-0.39, 0.29) is 5.82 Å². The van der Waals surface area contributed by atoms with Crippen molar-refractivity contribution in [3.8, 4) is 11.4 Å². The maximum Gasteiger partial charge on any atom is 0.181 e. The summed E-state index contributed by atoms with van der Waals surface area (Å²) in [6.07, 6.45) is 0.640. The third kappa shape index (κ3) is 2.25. The molecule has 1 aromatic carbocycles. The first-order valence-corrected chi connectivity index (χ1v) is 5.08. The molecule has 0 saturated heterocycles. The van der Waals surface area contributed by atoms with Gasteiger partial charge in [-0.15, -0.1) is 0 Å². The van der Waals surface area contributed by atoms with Crippen LogP contribution in [0.15, 0.2) is 18.2 Å². The Morgan fingerprint density at radius 2 is 2.19 bits per heavy atom. The number of nitrogens with two attached hydrogens (primary N) is 1. The minimum Gasteiger partial charge on any atom is -0.330 e. The third-order valence-corrected chi connectivity index (χ3v) is 2.21. The molecular formula is C11H13FN4. The fraction of sp³-hybridized carbons (Fsp3) is 0.273. The summed E-state index contributed by atoms with van der Waals surface area (Å²) in [6.45, 7) is 2.34. The summed E-state index contributed by atoms with van der Waals surface area (Å²) in [4.78, 5) is 4.24. The molecule has 2 aromatic rings. The van der Waals surface area contributed by atoms with E-state index in [1.54, 1.807) is 0 Å². The lowest BCUT2D eigenvalue weighted by atomic mass is 10.1. The largest absolute Gasteiger partial charge is 0.330 e. The number of rotatable bonds is 3. The molecule has 84 valence electrons. The van der Waals surface area contributed by atoms with Crippen molar-refractivity contribution >= 4 is 0 Å². The predicted octanol–water partition coefficient (Wildman–Crippen LogP) is 1.42.